The van der Waals surface area contributed by atoms with Gasteiger partial charge in [0.1, 0.15) is 11.6 Å². The lowest BCUT2D eigenvalue weighted by Crippen LogP contribution is -2.00. The summed E-state index contributed by atoms with van der Waals surface area (Å²) in [5.74, 6) is 1.52. The maximum Gasteiger partial charge on any atom is 0.191 e. The fraction of sp³-hybridized carbons (Fsp3) is 0.300. The zero-order valence-corrected chi connectivity index (χ0v) is 10.5. The maximum absolute atomic E-state index is 5.60. The van der Waals surface area contributed by atoms with Gasteiger partial charge in [-0.25, -0.2) is 9.97 Å². The highest BCUT2D eigenvalue weighted by Crippen LogP contribution is 2.21. The van der Waals surface area contributed by atoms with Crippen LogP contribution in [0.5, 0.6) is 0 Å². The monoisotopic (exact) mass is 250 g/mol. The molecule has 2 rings (SSSR count). The zero-order valence-electron chi connectivity index (χ0n) is 9.71. The molecule has 2 heterocycles. The second-order valence-electron chi connectivity index (χ2n) is 3.69. The van der Waals surface area contributed by atoms with Crippen molar-refractivity contribution in [3.8, 4) is 0 Å². The van der Waals surface area contributed by atoms with Crippen molar-refractivity contribution in [1.82, 2.24) is 19.7 Å². The van der Waals surface area contributed by atoms with Gasteiger partial charge in [-0.15, -0.1) is 0 Å². The predicted molar refractivity (Wildman–Crippen MR) is 68.4 cm³/mol. The van der Waals surface area contributed by atoms with Crippen molar-refractivity contribution in [2.45, 2.75) is 17.8 Å². The molecule has 0 aliphatic heterocycles. The average Bonchev–Trinajstić information content (AvgIpc) is 2.53. The van der Waals surface area contributed by atoms with E-state index in [1.165, 1.54) is 17.8 Å². The Labute approximate surface area is 103 Å². The standard InChI is InChI=1S/C10H14N6S/c1-6-3-7(16(2)15-6)5-17-10-13-8(11)4-9(12)14-10/h3-4H,5H2,1-2H3,(H4,11,12,13,14). The smallest absolute Gasteiger partial charge is 0.191 e. The topological polar surface area (TPSA) is 95.6 Å². The molecule has 6 nitrogen and oxygen atoms in total. The number of nitrogen functional groups attached to an aromatic ring is 2. The molecule has 0 amide bonds. The molecule has 0 saturated heterocycles. The van der Waals surface area contributed by atoms with E-state index in [1.807, 2.05) is 24.7 Å². The predicted octanol–water partition coefficient (Wildman–Crippen LogP) is 0.975. The van der Waals surface area contributed by atoms with Crippen molar-refractivity contribution in [2.24, 2.45) is 7.05 Å². The summed E-state index contributed by atoms with van der Waals surface area (Å²) < 4.78 is 1.85. The Morgan fingerprint density at radius 1 is 1.24 bits per heavy atom. The molecule has 2 aromatic heterocycles. The molecule has 0 bridgehead atoms. The molecule has 0 radical (unpaired) electrons. The summed E-state index contributed by atoms with van der Waals surface area (Å²) in [7, 11) is 1.91. The van der Waals surface area contributed by atoms with Crippen molar-refractivity contribution in [3.63, 3.8) is 0 Å². The van der Waals surface area contributed by atoms with Crippen molar-refractivity contribution >= 4 is 23.4 Å². The second kappa shape index (κ2) is 4.62. The number of hydrogen-bond acceptors (Lipinski definition) is 6. The third-order valence-corrected chi connectivity index (χ3v) is 3.07. The molecule has 0 saturated carbocycles. The van der Waals surface area contributed by atoms with Crippen LogP contribution < -0.4 is 11.5 Å². The van der Waals surface area contributed by atoms with Crippen molar-refractivity contribution in [1.29, 1.82) is 0 Å². The van der Waals surface area contributed by atoms with E-state index in [1.54, 1.807) is 0 Å². The van der Waals surface area contributed by atoms with Crippen LogP contribution in [0.1, 0.15) is 11.4 Å². The van der Waals surface area contributed by atoms with Crippen LogP contribution in [0.15, 0.2) is 17.3 Å². The summed E-state index contributed by atoms with van der Waals surface area (Å²) in [6, 6.07) is 3.57. The van der Waals surface area contributed by atoms with E-state index in [9.17, 15) is 0 Å². The second-order valence-corrected chi connectivity index (χ2v) is 4.63. The molecular formula is C10H14N6S. The van der Waals surface area contributed by atoms with Crippen LogP contribution in [0.25, 0.3) is 0 Å². The van der Waals surface area contributed by atoms with E-state index >= 15 is 0 Å². The molecule has 90 valence electrons. The van der Waals surface area contributed by atoms with Gasteiger partial charge in [-0.2, -0.15) is 5.10 Å². The van der Waals surface area contributed by atoms with Gasteiger partial charge in [0, 0.05) is 24.6 Å². The molecule has 0 aromatic carbocycles. The summed E-state index contributed by atoms with van der Waals surface area (Å²) in [5, 5.41) is 4.86. The minimum atomic E-state index is 0.390. The number of nitrogens with zero attached hydrogens (tertiary/aromatic N) is 4. The minimum absolute atomic E-state index is 0.390. The van der Waals surface area contributed by atoms with Crippen LogP contribution in [0.4, 0.5) is 11.6 Å². The fourth-order valence-corrected chi connectivity index (χ4v) is 2.35. The highest BCUT2D eigenvalue weighted by Gasteiger charge is 2.06. The first-order valence-corrected chi connectivity index (χ1v) is 6.05. The molecule has 0 unspecified atom stereocenters. The van der Waals surface area contributed by atoms with Gasteiger partial charge >= 0.3 is 0 Å². The summed E-state index contributed by atoms with van der Waals surface area (Å²) in [6.07, 6.45) is 0. The first-order valence-electron chi connectivity index (χ1n) is 5.07. The fourth-order valence-electron chi connectivity index (χ4n) is 1.46. The van der Waals surface area contributed by atoms with E-state index < -0.39 is 0 Å². The number of nitrogens with two attached hydrogens (primary N) is 2. The van der Waals surface area contributed by atoms with E-state index in [0.29, 0.717) is 16.8 Å². The number of hydrogen-bond donors (Lipinski definition) is 2. The van der Waals surface area contributed by atoms with Gasteiger partial charge in [-0.3, -0.25) is 4.68 Å². The zero-order chi connectivity index (χ0) is 12.4. The van der Waals surface area contributed by atoms with Crippen LogP contribution in [-0.4, -0.2) is 19.7 Å². The molecule has 0 aliphatic carbocycles. The molecular weight excluding hydrogens is 236 g/mol. The lowest BCUT2D eigenvalue weighted by Gasteiger charge is -2.03. The molecule has 0 atom stereocenters. The highest BCUT2D eigenvalue weighted by molar-refractivity contribution is 7.98. The van der Waals surface area contributed by atoms with Crippen molar-refractivity contribution in [2.75, 3.05) is 11.5 Å². The number of thioether (sulfide) groups is 1. The molecule has 17 heavy (non-hydrogen) atoms. The van der Waals surface area contributed by atoms with Crippen LogP contribution in [0, 0.1) is 6.92 Å². The van der Waals surface area contributed by atoms with Gasteiger partial charge in [0.05, 0.1) is 5.69 Å². The Bertz CT molecular complexity index is 515. The van der Waals surface area contributed by atoms with Gasteiger partial charge in [0.15, 0.2) is 5.16 Å². The van der Waals surface area contributed by atoms with Crippen molar-refractivity contribution < 1.29 is 0 Å². The van der Waals surface area contributed by atoms with Crippen LogP contribution >= 0.6 is 11.8 Å². The molecule has 2 aromatic rings. The Hall–Kier alpha value is -1.76. The Kier molecular flexibility index (Phi) is 3.19. The quantitative estimate of drug-likeness (QED) is 0.622. The van der Waals surface area contributed by atoms with E-state index in [0.717, 1.165) is 17.1 Å². The van der Waals surface area contributed by atoms with Gasteiger partial charge < -0.3 is 11.5 Å². The molecule has 0 fully saturated rings. The third kappa shape index (κ3) is 2.88. The highest BCUT2D eigenvalue weighted by atomic mass is 32.2. The summed E-state index contributed by atoms with van der Waals surface area (Å²) in [5.41, 5.74) is 13.3. The normalized spacial score (nSPS) is 10.7. The Morgan fingerprint density at radius 2 is 1.88 bits per heavy atom. The first kappa shape index (κ1) is 11.7. The molecule has 0 aliphatic rings. The molecule has 4 N–H and O–H groups in total. The molecule has 7 heteroatoms. The lowest BCUT2D eigenvalue weighted by molar-refractivity contribution is 0.727. The summed E-state index contributed by atoms with van der Waals surface area (Å²) in [4.78, 5) is 8.21. The van der Waals surface area contributed by atoms with Gasteiger partial charge in [0.25, 0.3) is 0 Å². The largest absolute Gasteiger partial charge is 0.383 e. The van der Waals surface area contributed by atoms with Crippen LogP contribution in [0.2, 0.25) is 0 Å². The number of rotatable bonds is 3. The first-order chi connectivity index (χ1) is 8.04. The number of aryl methyl sites for hydroxylation is 2. The van der Waals surface area contributed by atoms with Crippen LogP contribution in [0.3, 0.4) is 0 Å². The average molecular weight is 250 g/mol. The van der Waals surface area contributed by atoms with Crippen LogP contribution in [-0.2, 0) is 12.8 Å². The van der Waals surface area contributed by atoms with Gasteiger partial charge in [-0.1, -0.05) is 11.8 Å². The van der Waals surface area contributed by atoms with Crippen molar-refractivity contribution in [3.05, 3.63) is 23.5 Å². The lowest BCUT2D eigenvalue weighted by atomic mass is 10.4. The Balaban J connectivity index is 2.09. The maximum atomic E-state index is 5.60. The van der Waals surface area contributed by atoms with Gasteiger partial charge in [0.2, 0.25) is 0 Å². The van der Waals surface area contributed by atoms with E-state index in [4.69, 9.17) is 11.5 Å². The Morgan fingerprint density at radius 3 is 2.41 bits per heavy atom. The van der Waals surface area contributed by atoms with Gasteiger partial charge in [-0.05, 0) is 13.0 Å². The SMILES string of the molecule is Cc1cc(CSc2nc(N)cc(N)n2)n(C)n1. The number of anilines is 2. The minimum Gasteiger partial charge on any atom is -0.383 e. The summed E-state index contributed by atoms with van der Waals surface area (Å²) >= 11 is 1.49. The number of aromatic nitrogens is 4. The van der Waals surface area contributed by atoms with E-state index in [-0.39, 0.29) is 0 Å². The summed E-state index contributed by atoms with van der Waals surface area (Å²) in [6.45, 7) is 1.96. The van der Waals surface area contributed by atoms with E-state index in [2.05, 4.69) is 15.1 Å². The molecule has 0 spiro atoms. The third-order valence-electron chi connectivity index (χ3n) is 2.19.